The van der Waals surface area contributed by atoms with Gasteiger partial charge in [-0.2, -0.15) is 0 Å². The van der Waals surface area contributed by atoms with Crippen molar-refractivity contribution in [1.29, 1.82) is 0 Å². The molecule has 6 rings (SSSR count). The molecule has 3 aliphatic carbocycles. The van der Waals surface area contributed by atoms with Crippen LogP contribution >= 0.6 is 23.2 Å². The van der Waals surface area contributed by atoms with Gasteiger partial charge in [0.25, 0.3) is 5.91 Å². The molecule has 1 aromatic heterocycles. The van der Waals surface area contributed by atoms with Crippen LogP contribution in [0.5, 0.6) is 0 Å². The predicted octanol–water partition coefficient (Wildman–Crippen LogP) is 7.70. The van der Waals surface area contributed by atoms with Gasteiger partial charge >= 0.3 is 0 Å². The highest BCUT2D eigenvalue weighted by molar-refractivity contribution is 6.35. The van der Waals surface area contributed by atoms with E-state index in [-0.39, 0.29) is 16.7 Å². The van der Waals surface area contributed by atoms with Gasteiger partial charge < -0.3 is 9.80 Å². The molecule has 0 atom stereocenters. The molecule has 0 radical (unpaired) electrons. The second-order valence-corrected chi connectivity index (χ2v) is 11.8. The van der Waals surface area contributed by atoms with Crippen LogP contribution in [0.25, 0.3) is 0 Å². The second kappa shape index (κ2) is 9.72. The van der Waals surface area contributed by atoms with Gasteiger partial charge in [0, 0.05) is 60.0 Å². The molecule has 2 aromatic carbocycles. The van der Waals surface area contributed by atoms with E-state index in [9.17, 15) is 4.79 Å². The van der Waals surface area contributed by atoms with Crippen LogP contribution < -0.4 is 9.80 Å². The molecule has 3 aromatic rings. The van der Waals surface area contributed by atoms with Gasteiger partial charge in [-0.05, 0) is 104 Å². The number of fused-ring (bicyclic) bond motifs is 3. The van der Waals surface area contributed by atoms with Crippen LogP contribution in [0.15, 0.2) is 60.9 Å². The maximum atomic E-state index is 13.9. The quantitative estimate of drug-likeness (QED) is 0.333. The number of carbonyl (C=O) groups excluding carboxylic acids is 1. The summed E-state index contributed by atoms with van der Waals surface area (Å²) in [6, 6.07) is 16.3. The van der Waals surface area contributed by atoms with Crippen LogP contribution in [0.1, 0.15) is 60.0 Å². The molecule has 36 heavy (non-hydrogen) atoms. The summed E-state index contributed by atoms with van der Waals surface area (Å²) in [6.45, 7) is 2.60. The zero-order chi connectivity index (χ0) is 25.5. The first-order valence-electron chi connectivity index (χ1n) is 12.7. The van der Waals surface area contributed by atoms with Gasteiger partial charge in [-0.25, -0.2) is 0 Å². The summed E-state index contributed by atoms with van der Waals surface area (Å²) in [7, 11) is 4.16. The molecule has 0 saturated heterocycles. The summed E-state index contributed by atoms with van der Waals surface area (Å²) in [6.07, 6.45) is 10.2. The Labute approximate surface area is 224 Å². The number of rotatable bonds is 6. The Kier molecular flexibility index (Phi) is 6.78. The average molecular weight is 523 g/mol. The minimum absolute atomic E-state index is 0.0238. The van der Waals surface area contributed by atoms with E-state index in [4.69, 9.17) is 23.2 Å². The van der Waals surface area contributed by atoms with Gasteiger partial charge in [0.05, 0.1) is 0 Å². The van der Waals surface area contributed by atoms with Crippen LogP contribution in [-0.2, 0) is 5.41 Å². The molecule has 3 fully saturated rings. The highest BCUT2D eigenvalue weighted by Crippen LogP contribution is 2.58. The van der Waals surface area contributed by atoms with E-state index in [1.807, 2.05) is 24.0 Å². The molecule has 0 aliphatic heterocycles. The zero-order valence-electron chi connectivity index (χ0n) is 21.2. The molecule has 3 saturated carbocycles. The number of halogens is 2. The molecule has 0 unspecified atom stereocenters. The number of anilines is 2. The maximum Gasteiger partial charge on any atom is 0.258 e. The lowest BCUT2D eigenvalue weighted by Crippen LogP contribution is -2.50. The Balaban J connectivity index is 1.42. The number of carbonyl (C=O) groups is 1. The normalized spacial score (nSPS) is 22.9. The van der Waals surface area contributed by atoms with E-state index in [2.05, 4.69) is 48.2 Å². The molecular weight excluding hydrogens is 489 g/mol. The smallest absolute Gasteiger partial charge is 0.258 e. The van der Waals surface area contributed by atoms with E-state index in [0.717, 1.165) is 49.8 Å². The first-order chi connectivity index (χ1) is 17.2. The van der Waals surface area contributed by atoms with Crippen LogP contribution in [0.3, 0.4) is 0 Å². The molecule has 1 amide bonds. The van der Waals surface area contributed by atoms with E-state index >= 15 is 0 Å². The Morgan fingerprint density at radius 2 is 1.50 bits per heavy atom. The minimum atomic E-state index is -0.0238. The van der Waals surface area contributed by atoms with Crippen molar-refractivity contribution in [3.05, 3.63) is 87.7 Å². The zero-order valence-corrected chi connectivity index (χ0v) is 22.7. The molecule has 1 heterocycles. The summed E-state index contributed by atoms with van der Waals surface area (Å²) in [5.74, 6) is -0.0238. The van der Waals surface area contributed by atoms with Crippen LogP contribution in [0, 0.1) is 12.3 Å². The molecular formula is C30H33Cl2N3O. The Hall–Kier alpha value is -2.56. The number of benzene rings is 2. The molecule has 6 heteroatoms. The van der Waals surface area contributed by atoms with Gasteiger partial charge in [-0.15, -0.1) is 0 Å². The number of nitrogens with zero attached hydrogens (tertiary/aromatic N) is 3. The number of hydrogen-bond acceptors (Lipinski definition) is 3. The van der Waals surface area contributed by atoms with Crippen LogP contribution in [-0.4, -0.2) is 31.5 Å². The lowest BCUT2D eigenvalue weighted by molar-refractivity contribution is 0.0442. The van der Waals surface area contributed by atoms with Crippen molar-refractivity contribution in [3.63, 3.8) is 0 Å². The summed E-state index contributed by atoms with van der Waals surface area (Å²) in [5.41, 5.74) is 5.33. The van der Waals surface area contributed by atoms with Gasteiger partial charge in [0.1, 0.15) is 0 Å². The third-order valence-corrected chi connectivity index (χ3v) is 8.98. The fourth-order valence-electron chi connectivity index (χ4n) is 6.22. The molecule has 0 N–H and O–H groups in total. The summed E-state index contributed by atoms with van der Waals surface area (Å²) in [5, 5.41) is 1.07. The molecule has 188 valence electrons. The minimum Gasteiger partial charge on any atom is -0.378 e. The lowest BCUT2D eigenvalue weighted by Gasteiger charge is -2.55. The van der Waals surface area contributed by atoms with Crippen molar-refractivity contribution in [2.45, 2.75) is 50.9 Å². The number of amides is 1. The van der Waals surface area contributed by atoms with Gasteiger partial charge in [0.15, 0.2) is 0 Å². The first kappa shape index (κ1) is 25.1. The van der Waals surface area contributed by atoms with Gasteiger partial charge in [-0.3, -0.25) is 9.78 Å². The number of pyridine rings is 1. The Bertz CT molecular complexity index is 1230. The first-order valence-corrected chi connectivity index (χ1v) is 13.4. The van der Waals surface area contributed by atoms with Gasteiger partial charge in [-0.1, -0.05) is 35.3 Å². The molecule has 0 spiro atoms. The predicted molar refractivity (Wildman–Crippen MR) is 150 cm³/mol. The SMILES string of the molecule is Cc1cnccc1C(=O)N(CC12CCC(c3ccc(N(C)C)cc3)(CC1)CC2)c1cc(Cl)cc(Cl)c1. The number of aromatic nitrogens is 1. The van der Waals surface area contributed by atoms with Crippen molar-refractivity contribution in [3.8, 4) is 0 Å². The van der Waals surface area contributed by atoms with E-state index in [1.54, 1.807) is 24.5 Å². The Morgan fingerprint density at radius 3 is 2.06 bits per heavy atom. The molecule has 2 bridgehead atoms. The average Bonchev–Trinajstić information content (AvgIpc) is 2.88. The van der Waals surface area contributed by atoms with Crippen molar-refractivity contribution in [2.24, 2.45) is 5.41 Å². The third-order valence-electron chi connectivity index (χ3n) is 8.55. The topological polar surface area (TPSA) is 36.4 Å². The van der Waals surface area contributed by atoms with E-state index in [0.29, 0.717) is 22.2 Å². The monoisotopic (exact) mass is 521 g/mol. The lowest BCUT2D eigenvalue weighted by atomic mass is 9.51. The third kappa shape index (κ3) is 4.73. The van der Waals surface area contributed by atoms with E-state index < -0.39 is 0 Å². The van der Waals surface area contributed by atoms with Crippen molar-refractivity contribution < 1.29 is 4.79 Å². The number of hydrogen-bond donors (Lipinski definition) is 0. The van der Waals surface area contributed by atoms with Crippen molar-refractivity contribution >= 4 is 40.5 Å². The van der Waals surface area contributed by atoms with Crippen molar-refractivity contribution in [1.82, 2.24) is 4.98 Å². The summed E-state index contributed by atoms with van der Waals surface area (Å²) < 4.78 is 0. The standard InChI is InChI=1S/C30H33Cl2N3O/c1-21-19-33-15-8-27(21)28(36)35(26-17-23(31)16-24(32)18-26)20-29-9-12-30(13-10-29,14-11-29)22-4-6-25(7-5-22)34(2)3/h4-8,15-19H,9-14,20H2,1-3H3. The van der Waals surface area contributed by atoms with Crippen LogP contribution in [0.4, 0.5) is 11.4 Å². The molecule has 4 nitrogen and oxygen atoms in total. The Morgan fingerprint density at radius 1 is 0.889 bits per heavy atom. The fraction of sp³-hybridized carbons (Fsp3) is 0.400. The highest BCUT2D eigenvalue weighted by atomic mass is 35.5. The number of aryl methyl sites for hydroxylation is 1. The maximum absolute atomic E-state index is 13.9. The summed E-state index contributed by atoms with van der Waals surface area (Å²) >= 11 is 12.8. The highest BCUT2D eigenvalue weighted by Gasteiger charge is 2.50. The van der Waals surface area contributed by atoms with Gasteiger partial charge in [0.2, 0.25) is 0 Å². The van der Waals surface area contributed by atoms with E-state index in [1.165, 1.54) is 11.3 Å². The fourth-order valence-corrected chi connectivity index (χ4v) is 6.73. The summed E-state index contributed by atoms with van der Waals surface area (Å²) in [4.78, 5) is 22.1. The second-order valence-electron chi connectivity index (χ2n) is 10.9. The van der Waals surface area contributed by atoms with Crippen molar-refractivity contribution in [2.75, 3.05) is 30.4 Å². The molecule has 3 aliphatic rings. The van der Waals surface area contributed by atoms with Crippen LogP contribution in [0.2, 0.25) is 10.0 Å². The largest absolute Gasteiger partial charge is 0.378 e.